The molecule has 2 nitrogen and oxygen atoms in total. The largest absolute Gasteiger partial charge is 0.219 e. The number of rotatable bonds is 1. The Balaban J connectivity index is 2.43. The van der Waals surface area contributed by atoms with Gasteiger partial charge in [-0.15, -0.1) is 0 Å². The first kappa shape index (κ1) is 6.61. The standard InChI is InChI=1S/C8H6O2S/c9-11(10)6-8(11)7-4-2-1-3-5-7/h1-6H. The van der Waals surface area contributed by atoms with Crippen LogP contribution in [0.3, 0.4) is 0 Å². The van der Waals surface area contributed by atoms with Crippen molar-refractivity contribution in [2.45, 2.75) is 0 Å². The van der Waals surface area contributed by atoms with Gasteiger partial charge in [-0.2, -0.15) is 0 Å². The zero-order valence-corrected chi connectivity index (χ0v) is 6.51. The van der Waals surface area contributed by atoms with Crippen LogP contribution in [0.5, 0.6) is 0 Å². The van der Waals surface area contributed by atoms with Gasteiger partial charge in [-0.3, -0.25) is 0 Å². The Morgan fingerprint density at radius 1 is 1.00 bits per heavy atom. The molecule has 1 heterocycles. The highest BCUT2D eigenvalue weighted by atomic mass is 32.2. The third-order valence-corrected chi connectivity index (χ3v) is 2.83. The Kier molecular flexibility index (Phi) is 1.17. The molecule has 0 saturated heterocycles. The van der Waals surface area contributed by atoms with Crippen molar-refractivity contribution in [2.24, 2.45) is 0 Å². The summed E-state index contributed by atoms with van der Waals surface area (Å²) in [5, 5.41) is 1.28. The maximum atomic E-state index is 10.8. The van der Waals surface area contributed by atoms with Crippen molar-refractivity contribution in [3.05, 3.63) is 41.3 Å². The number of sulfone groups is 1. The van der Waals surface area contributed by atoms with E-state index in [1.54, 1.807) is 12.1 Å². The van der Waals surface area contributed by atoms with E-state index in [0.717, 1.165) is 5.56 Å². The van der Waals surface area contributed by atoms with Gasteiger partial charge < -0.3 is 0 Å². The SMILES string of the molecule is O=S1(=O)C=C1c1ccccc1. The van der Waals surface area contributed by atoms with Gasteiger partial charge in [0.25, 0.3) is 0 Å². The summed E-state index contributed by atoms with van der Waals surface area (Å²) in [6, 6.07) is 9.08. The molecule has 0 N–H and O–H groups in total. The molecule has 56 valence electrons. The summed E-state index contributed by atoms with van der Waals surface area (Å²) < 4.78 is 21.6. The average molecular weight is 166 g/mol. The Labute approximate surface area is 65.1 Å². The fraction of sp³-hybridized carbons (Fsp3) is 0. The zero-order valence-electron chi connectivity index (χ0n) is 5.69. The molecule has 0 spiro atoms. The van der Waals surface area contributed by atoms with E-state index in [1.165, 1.54) is 5.41 Å². The molecule has 1 aromatic carbocycles. The van der Waals surface area contributed by atoms with E-state index in [-0.39, 0.29) is 0 Å². The van der Waals surface area contributed by atoms with Crippen LogP contribution in [-0.4, -0.2) is 8.42 Å². The first-order valence-electron chi connectivity index (χ1n) is 3.22. The molecule has 0 atom stereocenters. The van der Waals surface area contributed by atoms with Crippen LogP contribution in [0.15, 0.2) is 35.7 Å². The normalized spacial score (nSPS) is 19.1. The van der Waals surface area contributed by atoms with Crippen LogP contribution >= 0.6 is 0 Å². The minimum atomic E-state index is -2.92. The maximum absolute atomic E-state index is 10.8. The van der Waals surface area contributed by atoms with E-state index in [0.29, 0.717) is 4.91 Å². The predicted molar refractivity (Wildman–Crippen MR) is 43.3 cm³/mol. The highest BCUT2D eigenvalue weighted by Crippen LogP contribution is 2.35. The summed E-state index contributed by atoms with van der Waals surface area (Å²) in [5.74, 6) is 0. The van der Waals surface area contributed by atoms with Crippen LogP contribution in [0, 0.1) is 0 Å². The first-order valence-corrected chi connectivity index (χ1v) is 4.77. The van der Waals surface area contributed by atoms with Crippen molar-refractivity contribution in [3.63, 3.8) is 0 Å². The first-order chi connectivity index (χ1) is 5.20. The molecule has 1 aliphatic rings. The fourth-order valence-corrected chi connectivity index (χ4v) is 2.02. The Morgan fingerprint density at radius 2 is 1.55 bits per heavy atom. The van der Waals surface area contributed by atoms with Crippen molar-refractivity contribution < 1.29 is 8.42 Å². The van der Waals surface area contributed by atoms with Crippen LogP contribution < -0.4 is 0 Å². The van der Waals surface area contributed by atoms with E-state index in [9.17, 15) is 8.42 Å². The number of hydrogen-bond acceptors (Lipinski definition) is 2. The smallest absolute Gasteiger partial charge is 0.202 e. The molecule has 0 radical (unpaired) electrons. The molecular formula is C8H6O2S. The molecule has 0 fully saturated rings. The molecule has 0 saturated carbocycles. The van der Waals surface area contributed by atoms with Gasteiger partial charge in [-0.1, -0.05) is 30.3 Å². The predicted octanol–water partition coefficient (Wildman–Crippen LogP) is 1.41. The molecule has 0 bridgehead atoms. The van der Waals surface area contributed by atoms with E-state index in [4.69, 9.17) is 0 Å². The van der Waals surface area contributed by atoms with Gasteiger partial charge in [0.2, 0.25) is 9.84 Å². The Hall–Kier alpha value is -1.09. The molecule has 0 amide bonds. The Morgan fingerprint density at radius 3 is 2.00 bits per heavy atom. The molecule has 3 heteroatoms. The molecule has 1 aromatic rings. The minimum Gasteiger partial charge on any atom is -0.219 e. The van der Waals surface area contributed by atoms with Gasteiger partial charge in [-0.25, -0.2) is 8.42 Å². The molecular weight excluding hydrogens is 160 g/mol. The molecule has 2 rings (SSSR count). The van der Waals surface area contributed by atoms with E-state index in [2.05, 4.69) is 0 Å². The van der Waals surface area contributed by atoms with Crippen LogP contribution in [0.25, 0.3) is 4.91 Å². The van der Waals surface area contributed by atoms with Crippen molar-refractivity contribution in [1.82, 2.24) is 0 Å². The average Bonchev–Trinajstić information content (AvgIpc) is 2.62. The van der Waals surface area contributed by atoms with Crippen molar-refractivity contribution >= 4 is 14.7 Å². The third kappa shape index (κ3) is 1.07. The van der Waals surface area contributed by atoms with Gasteiger partial charge in [0, 0.05) is 0 Å². The molecule has 1 aliphatic heterocycles. The summed E-state index contributed by atoms with van der Waals surface area (Å²) >= 11 is 0. The fourth-order valence-electron chi connectivity index (χ4n) is 0.952. The molecule has 0 unspecified atom stereocenters. The third-order valence-electron chi connectivity index (χ3n) is 1.57. The van der Waals surface area contributed by atoms with Gasteiger partial charge in [0.05, 0.1) is 10.3 Å². The lowest BCUT2D eigenvalue weighted by molar-refractivity contribution is 0.618. The number of hydrogen-bond donors (Lipinski definition) is 0. The summed E-state index contributed by atoms with van der Waals surface area (Å²) in [6.07, 6.45) is 0. The van der Waals surface area contributed by atoms with Crippen molar-refractivity contribution in [2.75, 3.05) is 0 Å². The van der Waals surface area contributed by atoms with E-state index in [1.807, 2.05) is 18.2 Å². The van der Waals surface area contributed by atoms with Crippen LogP contribution in [-0.2, 0) is 9.84 Å². The highest BCUT2D eigenvalue weighted by molar-refractivity contribution is 8.10. The second-order valence-corrected chi connectivity index (χ2v) is 4.16. The maximum Gasteiger partial charge on any atom is 0.202 e. The minimum absolute atomic E-state index is 0.457. The summed E-state index contributed by atoms with van der Waals surface area (Å²) in [4.78, 5) is 0.457. The summed E-state index contributed by atoms with van der Waals surface area (Å²) in [5.41, 5.74) is 0.785. The van der Waals surface area contributed by atoms with Crippen molar-refractivity contribution in [1.29, 1.82) is 0 Å². The van der Waals surface area contributed by atoms with Gasteiger partial charge in [0.15, 0.2) is 0 Å². The van der Waals surface area contributed by atoms with Crippen LogP contribution in [0.2, 0.25) is 0 Å². The van der Waals surface area contributed by atoms with E-state index >= 15 is 0 Å². The number of benzene rings is 1. The van der Waals surface area contributed by atoms with Gasteiger partial charge in [-0.05, 0) is 5.56 Å². The highest BCUT2D eigenvalue weighted by Gasteiger charge is 2.30. The Bertz CT molecular complexity index is 401. The summed E-state index contributed by atoms with van der Waals surface area (Å²) in [6.45, 7) is 0. The second-order valence-electron chi connectivity index (χ2n) is 2.39. The van der Waals surface area contributed by atoms with Gasteiger partial charge in [0.1, 0.15) is 0 Å². The van der Waals surface area contributed by atoms with Crippen LogP contribution in [0.1, 0.15) is 5.56 Å². The zero-order chi connectivity index (χ0) is 7.90. The van der Waals surface area contributed by atoms with Gasteiger partial charge >= 0.3 is 0 Å². The second kappa shape index (κ2) is 1.95. The quantitative estimate of drug-likeness (QED) is 0.632. The lowest BCUT2D eigenvalue weighted by Crippen LogP contribution is -1.77. The van der Waals surface area contributed by atoms with Crippen LogP contribution in [0.4, 0.5) is 0 Å². The molecule has 0 aliphatic carbocycles. The van der Waals surface area contributed by atoms with E-state index < -0.39 is 9.84 Å². The molecule has 0 aromatic heterocycles. The summed E-state index contributed by atoms with van der Waals surface area (Å²) in [7, 11) is -2.92. The topological polar surface area (TPSA) is 34.1 Å². The lowest BCUT2D eigenvalue weighted by atomic mass is 10.2. The van der Waals surface area contributed by atoms with Crippen molar-refractivity contribution in [3.8, 4) is 0 Å². The molecule has 11 heavy (non-hydrogen) atoms. The lowest BCUT2D eigenvalue weighted by Gasteiger charge is -1.88. The monoisotopic (exact) mass is 166 g/mol.